The van der Waals surface area contributed by atoms with Crippen LogP contribution >= 0.6 is 11.3 Å². The van der Waals surface area contributed by atoms with Gasteiger partial charge in [0.15, 0.2) is 0 Å². The molecule has 4 N–H and O–H groups in total. The maximum absolute atomic E-state index is 14.9. The molecule has 31 heavy (non-hydrogen) atoms. The summed E-state index contributed by atoms with van der Waals surface area (Å²) in [6, 6.07) is 6.89. The monoisotopic (exact) mass is 441 g/mol. The number of hydrogen-bond acceptors (Lipinski definition) is 7. The van der Waals surface area contributed by atoms with Crippen LogP contribution in [0.4, 0.5) is 15.8 Å². The van der Waals surface area contributed by atoms with E-state index < -0.39 is 0 Å². The van der Waals surface area contributed by atoms with Gasteiger partial charge in [-0.1, -0.05) is 0 Å². The SMILES string of the molecule is Cc1ccc2c(N)c(C(=O)N[C@H]3COc4cc(N5CCNCC5)cc(F)c4C3)sc2n1. The van der Waals surface area contributed by atoms with Crippen LogP contribution in [0.2, 0.25) is 0 Å². The molecule has 0 bridgehead atoms. The lowest BCUT2D eigenvalue weighted by Crippen LogP contribution is -2.44. The molecule has 1 amide bonds. The zero-order valence-corrected chi connectivity index (χ0v) is 18.0. The first-order chi connectivity index (χ1) is 15.0. The van der Waals surface area contributed by atoms with Crippen molar-refractivity contribution in [3.63, 3.8) is 0 Å². The number of aromatic nitrogens is 1. The predicted octanol–water partition coefficient (Wildman–Crippen LogP) is 2.47. The highest BCUT2D eigenvalue weighted by Crippen LogP contribution is 2.34. The zero-order valence-electron chi connectivity index (χ0n) is 17.2. The molecule has 0 saturated carbocycles. The summed E-state index contributed by atoms with van der Waals surface area (Å²) >= 11 is 1.27. The van der Waals surface area contributed by atoms with E-state index in [2.05, 4.69) is 20.5 Å². The Bertz CT molecular complexity index is 1160. The smallest absolute Gasteiger partial charge is 0.263 e. The quantitative estimate of drug-likeness (QED) is 0.578. The van der Waals surface area contributed by atoms with Crippen LogP contribution in [-0.2, 0) is 6.42 Å². The van der Waals surface area contributed by atoms with Crippen LogP contribution in [0.3, 0.4) is 0 Å². The number of nitrogens with one attached hydrogen (secondary N) is 2. The van der Waals surface area contributed by atoms with E-state index in [1.54, 1.807) is 6.07 Å². The fourth-order valence-electron chi connectivity index (χ4n) is 4.13. The molecule has 1 atom stereocenters. The lowest BCUT2D eigenvalue weighted by Gasteiger charge is -2.32. The van der Waals surface area contributed by atoms with E-state index >= 15 is 0 Å². The molecule has 0 aliphatic carbocycles. The lowest BCUT2D eigenvalue weighted by atomic mass is 10.0. The molecule has 1 fully saturated rings. The number of anilines is 2. The normalized spacial score (nSPS) is 18.5. The molecule has 7 nitrogen and oxygen atoms in total. The topological polar surface area (TPSA) is 92.5 Å². The molecule has 0 spiro atoms. The number of carbonyl (C=O) groups excluding carboxylic acids is 1. The van der Waals surface area contributed by atoms with Gasteiger partial charge in [-0.25, -0.2) is 9.37 Å². The maximum atomic E-state index is 14.9. The lowest BCUT2D eigenvalue weighted by molar-refractivity contribution is 0.0919. The second kappa shape index (κ2) is 7.97. The number of pyridine rings is 1. The van der Waals surface area contributed by atoms with Gasteiger partial charge >= 0.3 is 0 Å². The molecule has 1 aromatic carbocycles. The zero-order chi connectivity index (χ0) is 21.5. The highest BCUT2D eigenvalue weighted by atomic mass is 32.1. The third-order valence-corrected chi connectivity index (χ3v) is 6.90. The summed E-state index contributed by atoms with van der Waals surface area (Å²) in [4.78, 5) is 20.6. The number of amides is 1. The molecule has 1 saturated heterocycles. The number of fused-ring (bicyclic) bond motifs is 2. The average Bonchev–Trinajstić information content (AvgIpc) is 3.10. The molecule has 162 valence electrons. The van der Waals surface area contributed by atoms with Gasteiger partial charge in [0.05, 0.1) is 11.7 Å². The van der Waals surface area contributed by atoms with Crippen LogP contribution in [0, 0.1) is 12.7 Å². The molecule has 2 aliphatic rings. The fourth-order valence-corrected chi connectivity index (χ4v) is 5.17. The second-order valence-electron chi connectivity index (χ2n) is 7.98. The van der Waals surface area contributed by atoms with Gasteiger partial charge in [-0.2, -0.15) is 0 Å². The average molecular weight is 442 g/mol. The minimum Gasteiger partial charge on any atom is -0.491 e. The van der Waals surface area contributed by atoms with Gasteiger partial charge in [0.1, 0.15) is 27.9 Å². The minimum absolute atomic E-state index is 0.283. The van der Waals surface area contributed by atoms with E-state index in [4.69, 9.17) is 10.5 Å². The minimum atomic E-state index is -0.334. The molecule has 5 rings (SSSR count). The van der Waals surface area contributed by atoms with E-state index in [0.717, 1.165) is 47.8 Å². The molecular weight excluding hydrogens is 417 g/mol. The van der Waals surface area contributed by atoms with Crippen molar-refractivity contribution in [2.75, 3.05) is 43.4 Å². The Morgan fingerprint density at radius 3 is 2.97 bits per heavy atom. The van der Waals surface area contributed by atoms with Gasteiger partial charge in [0.25, 0.3) is 5.91 Å². The van der Waals surface area contributed by atoms with Crippen molar-refractivity contribution in [2.45, 2.75) is 19.4 Å². The van der Waals surface area contributed by atoms with E-state index in [-0.39, 0.29) is 24.4 Å². The van der Waals surface area contributed by atoms with E-state index in [9.17, 15) is 9.18 Å². The van der Waals surface area contributed by atoms with Gasteiger partial charge in [-0.15, -0.1) is 11.3 Å². The van der Waals surface area contributed by atoms with Crippen molar-refractivity contribution in [1.29, 1.82) is 0 Å². The summed E-state index contributed by atoms with van der Waals surface area (Å²) in [5.41, 5.74) is 8.82. The number of ether oxygens (including phenoxy) is 1. The van der Waals surface area contributed by atoms with Crippen LogP contribution in [-0.4, -0.2) is 49.7 Å². The standard InChI is InChI=1S/C22H24FN5O2S/c1-12-2-3-15-19(24)20(31-22(15)26-12)21(29)27-13-8-16-17(23)9-14(10-18(16)30-11-13)28-6-4-25-5-7-28/h2-3,9-10,13,25H,4-8,11,24H2,1H3,(H,27,29)/t13-/m1/s1. The maximum Gasteiger partial charge on any atom is 0.263 e. The molecule has 4 heterocycles. The van der Waals surface area contributed by atoms with Crippen LogP contribution in [0.1, 0.15) is 20.9 Å². The highest BCUT2D eigenvalue weighted by molar-refractivity contribution is 7.21. The van der Waals surface area contributed by atoms with Gasteiger partial charge in [-0.3, -0.25) is 4.79 Å². The third-order valence-electron chi connectivity index (χ3n) is 5.79. The van der Waals surface area contributed by atoms with Crippen molar-refractivity contribution >= 4 is 38.8 Å². The molecule has 0 radical (unpaired) electrons. The Hall–Kier alpha value is -2.91. The Morgan fingerprint density at radius 1 is 1.35 bits per heavy atom. The highest BCUT2D eigenvalue weighted by Gasteiger charge is 2.27. The molecule has 9 heteroatoms. The van der Waals surface area contributed by atoms with Crippen molar-refractivity contribution in [3.05, 3.63) is 46.2 Å². The fraction of sp³-hybridized carbons (Fsp3) is 0.364. The molecule has 2 aliphatic heterocycles. The first-order valence-corrected chi connectivity index (χ1v) is 11.2. The summed E-state index contributed by atoms with van der Waals surface area (Å²) in [7, 11) is 0. The summed E-state index contributed by atoms with van der Waals surface area (Å²) in [5, 5.41) is 7.02. The Morgan fingerprint density at radius 2 is 2.16 bits per heavy atom. The number of halogens is 1. The first-order valence-electron chi connectivity index (χ1n) is 10.4. The Balaban J connectivity index is 1.33. The van der Waals surface area contributed by atoms with Gasteiger partial charge < -0.3 is 26.0 Å². The predicted molar refractivity (Wildman–Crippen MR) is 121 cm³/mol. The Kier molecular flexibility index (Phi) is 5.15. The van der Waals surface area contributed by atoms with Crippen LogP contribution in [0.15, 0.2) is 24.3 Å². The number of carbonyl (C=O) groups is 1. The van der Waals surface area contributed by atoms with Crippen molar-refractivity contribution < 1.29 is 13.9 Å². The summed E-state index contributed by atoms with van der Waals surface area (Å²) in [6.45, 7) is 5.61. The number of thiophene rings is 1. The van der Waals surface area contributed by atoms with Gasteiger partial charge in [0.2, 0.25) is 0 Å². The number of hydrogen-bond donors (Lipinski definition) is 3. The number of piperazine rings is 1. The number of benzene rings is 1. The van der Waals surface area contributed by atoms with Crippen LogP contribution < -0.4 is 26.0 Å². The summed E-state index contributed by atoms with van der Waals surface area (Å²) in [5.74, 6) is -0.0286. The second-order valence-corrected chi connectivity index (χ2v) is 8.98. The van der Waals surface area contributed by atoms with Crippen molar-refractivity contribution in [2.24, 2.45) is 0 Å². The van der Waals surface area contributed by atoms with E-state index in [0.29, 0.717) is 28.3 Å². The number of nitrogens with zero attached hydrogens (tertiary/aromatic N) is 2. The first kappa shape index (κ1) is 20.0. The van der Waals surface area contributed by atoms with E-state index in [1.165, 1.54) is 11.3 Å². The Labute approximate surface area is 183 Å². The molecule has 0 unspecified atom stereocenters. The molecule has 2 aromatic heterocycles. The van der Waals surface area contributed by atoms with E-state index in [1.807, 2.05) is 25.1 Å². The van der Waals surface area contributed by atoms with Crippen molar-refractivity contribution in [3.8, 4) is 5.75 Å². The summed E-state index contributed by atoms with van der Waals surface area (Å²) < 4.78 is 20.8. The largest absolute Gasteiger partial charge is 0.491 e. The van der Waals surface area contributed by atoms with Crippen LogP contribution in [0.25, 0.3) is 10.2 Å². The van der Waals surface area contributed by atoms with Gasteiger partial charge in [0, 0.05) is 61.0 Å². The number of rotatable bonds is 3. The number of nitrogens with two attached hydrogens (primary N) is 1. The number of nitrogen functional groups attached to an aromatic ring is 1. The molecular formula is C22H24FN5O2S. The third kappa shape index (κ3) is 3.79. The molecule has 3 aromatic rings. The van der Waals surface area contributed by atoms with Crippen molar-refractivity contribution in [1.82, 2.24) is 15.6 Å². The number of aryl methyl sites for hydroxylation is 1. The van der Waals surface area contributed by atoms with Crippen LogP contribution in [0.5, 0.6) is 5.75 Å². The summed E-state index contributed by atoms with van der Waals surface area (Å²) in [6.07, 6.45) is 0.372. The van der Waals surface area contributed by atoms with Gasteiger partial charge in [-0.05, 0) is 25.1 Å².